The molecule has 0 spiro atoms. The van der Waals surface area contributed by atoms with Crippen molar-refractivity contribution >= 4 is 40.1 Å². The maximum atomic E-state index is 12.3. The molecule has 3 rings (SSSR count). The van der Waals surface area contributed by atoms with Crippen LogP contribution in [0.5, 0.6) is 5.75 Å². The van der Waals surface area contributed by atoms with Crippen molar-refractivity contribution < 1.29 is 28.3 Å². The van der Waals surface area contributed by atoms with E-state index in [0.717, 1.165) is 5.39 Å². The minimum atomic E-state index is -0.725. The fourth-order valence-corrected chi connectivity index (χ4v) is 3.49. The summed E-state index contributed by atoms with van der Waals surface area (Å²) in [5.74, 6) is -1.37. The molecule has 0 aliphatic heterocycles. The maximum Gasteiger partial charge on any atom is 0.339 e. The van der Waals surface area contributed by atoms with E-state index in [-0.39, 0.29) is 12.8 Å². The first-order valence-electron chi connectivity index (χ1n) is 9.02. The number of rotatable bonds is 7. The lowest BCUT2D eigenvalue weighted by Gasteiger charge is -2.09. The monoisotopic (exact) mass is 429 g/mol. The Morgan fingerprint density at radius 3 is 2.70 bits per heavy atom. The van der Waals surface area contributed by atoms with Gasteiger partial charge in [0.25, 0.3) is 11.8 Å². The molecule has 156 valence electrons. The van der Waals surface area contributed by atoms with E-state index in [2.05, 4.69) is 5.32 Å². The first-order chi connectivity index (χ1) is 14.4. The van der Waals surface area contributed by atoms with Crippen LogP contribution in [0.1, 0.15) is 27.2 Å². The highest BCUT2D eigenvalue weighted by Crippen LogP contribution is 2.24. The predicted octanol–water partition coefficient (Wildman–Crippen LogP) is 2.60. The molecular formula is C21H19NO7S. The van der Waals surface area contributed by atoms with Crippen molar-refractivity contribution in [3.8, 4) is 5.75 Å². The number of aryl methyl sites for hydroxylation is 1. The summed E-state index contributed by atoms with van der Waals surface area (Å²) in [5.41, 5.74) is 0.925. The first-order valence-corrected chi connectivity index (χ1v) is 9.90. The summed E-state index contributed by atoms with van der Waals surface area (Å²) in [4.78, 5) is 48.2. The van der Waals surface area contributed by atoms with E-state index in [1.54, 1.807) is 42.6 Å². The highest BCUT2D eigenvalue weighted by atomic mass is 32.1. The molecule has 1 aromatic carbocycles. The quantitative estimate of drug-likeness (QED) is 0.454. The van der Waals surface area contributed by atoms with Crippen molar-refractivity contribution in [1.82, 2.24) is 5.32 Å². The Kier molecular flexibility index (Phi) is 6.63. The number of thiophene rings is 1. The van der Waals surface area contributed by atoms with E-state index in [1.807, 2.05) is 0 Å². The lowest BCUT2D eigenvalue weighted by molar-refractivity contribution is -0.148. The van der Waals surface area contributed by atoms with Gasteiger partial charge in [-0.3, -0.25) is 19.7 Å². The minimum Gasteiger partial charge on any atom is -0.497 e. The maximum absolute atomic E-state index is 12.3. The molecule has 2 amide bonds. The van der Waals surface area contributed by atoms with Crippen LogP contribution in [-0.2, 0) is 20.7 Å². The Labute approximate surface area is 175 Å². The standard InChI is InChI=1S/C21H19NO7S/c1-12-14-6-5-13(27-2)10-16(14)29-21(26)15(12)7-8-19(24)28-11-18(23)22-20(25)17-4-3-9-30-17/h3-6,9-10H,7-8,11H2,1-2H3,(H,22,23,25). The van der Waals surface area contributed by atoms with Crippen LogP contribution >= 0.6 is 11.3 Å². The fraction of sp³-hybridized carbons (Fsp3) is 0.238. The molecule has 2 heterocycles. The van der Waals surface area contributed by atoms with E-state index in [1.165, 1.54) is 18.4 Å². The Bertz CT molecular complexity index is 1150. The average molecular weight is 429 g/mol. The summed E-state index contributed by atoms with van der Waals surface area (Å²) in [6.07, 6.45) is -0.00980. The van der Waals surface area contributed by atoms with Gasteiger partial charge in [-0.05, 0) is 42.5 Å². The highest BCUT2D eigenvalue weighted by molar-refractivity contribution is 7.12. The lowest BCUT2D eigenvalue weighted by atomic mass is 10.0. The molecule has 9 heteroatoms. The van der Waals surface area contributed by atoms with Crippen molar-refractivity contribution in [2.45, 2.75) is 19.8 Å². The summed E-state index contributed by atoms with van der Waals surface area (Å²) in [7, 11) is 1.52. The second-order valence-electron chi connectivity index (χ2n) is 6.37. The second kappa shape index (κ2) is 9.36. The molecule has 0 bridgehead atoms. The van der Waals surface area contributed by atoms with Gasteiger partial charge in [-0.25, -0.2) is 4.79 Å². The smallest absolute Gasteiger partial charge is 0.339 e. The van der Waals surface area contributed by atoms with Crippen LogP contribution in [0.25, 0.3) is 11.0 Å². The third-order valence-corrected chi connectivity index (χ3v) is 5.30. The Morgan fingerprint density at radius 1 is 1.20 bits per heavy atom. The molecule has 0 atom stereocenters. The summed E-state index contributed by atoms with van der Waals surface area (Å²) in [5, 5.41) is 4.59. The number of carbonyl (C=O) groups is 3. The topological polar surface area (TPSA) is 112 Å². The van der Waals surface area contributed by atoms with Crippen LogP contribution in [0.2, 0.25) is 0 Å². The molecule has 0 fully saturated rings. The molecular weight excluding hydrogens is 410 g/mol. The van der Waals surface area contributed by atoms with Gasteiger partial charge in [-0.2, -0.15) is 0 Å². The third kappa shape index (κ3) is 4.93. The SMILES string of the molecule is COc1ccc2c(C)c(CCC(=O)OCC(=O)NC(=O)c3cccs3)c(=O)oc2c1. The summed E-state index contributed by atoms with van der Waals surface area (Å²) < 4.78 is 15.4. The van der Waals surface area contributed by atoms with Gasteiger partial charge in [-0.15, -0.1) is 11.3 Å². The van der Waals surface area contributed by atoms with Gasteiger partial charge in [0.15, 0.2) is 6.61 Å². The van der Waals surface area contributed by atoms with E-state index in [0.29, 0.717) is 27.3 Å². The van der Waals surface area contributed by atoms with Crippen LogP contribution in [0, 0.1) is 6.92 Å². The Balaban J connectivity index is 1.56. The van der Waals surface area contributed by atoms with E-state index >= 15 is 0 Å². The number of ether oxygens (including phenoxy) is 2. The average Bonchev–Trinajstić information content (AvgIpc) is 3.26. The molecule has 0 saturated carbocycles. The number of esters is 1. The molecule has 1 N–H and O–H groups in total. The zero-order chi connectivity index (χ0) is 21.7. The molecule has 0 aliphatic carbocycles. The number of hydrogen-bond acceptors (Lipinski definition) is 8. The number of amides is 2. The first kappa shape index (κ1) is 21.3. The largest absolute Gasteiger partial charge is 0.497 e. The lowest BCUT2D eigenvalue weighted by Crippen LogP contribution is -2.33. The van der Waals surface area contributed by atoms with Crippen molar-refractivity contribution in [1.29, 1.82) is 0 Å². The number of fused-ring (bicyclic) bond motifs is 1. The molecule has 3 aromatic rings. The molecule has 0 aliphatic rings. The summed E-state index contributed by atoms with van der Waals surface area (Å²) in [6.45, 7) is 1.19. The van der Waals surface area contributed by atoms with Gasteiger partial charge in [0.2, 0.25) is 0 Å². The molecule has 0 radical (unpaired) electrons. The highest BCUT2D eigenvalue weighted by Gasteiger charge is 2.16. The number of carbonyl (C=O) groups excluding carboxylic acids is 3. The predicted molar refractivity (Wildman–Crippen MR) is 110 cm³/mol. The molecule has 30 heavy (non-hydrogen) atoms. The van der Waals surface area contributed by atoms with Gasteiger partial charge >= 0.3 is 11.6 Å². The van der Waals surface area contributed by atoms with Crippen LogP contribution < -0.4 is 15.7 Å². The minimum absolute atomic E-state index is 0.102. The van der Waals surface area contributed by atoms with Gasteiger partial charge in [0.05, 0.1) is 12.0 Å². The number of imide groups is 1. The zero-order valence-corrected chi connectivity index (χ0v) is 17.2. The van der Waals surface area contributed by atoms with Gasteiger partial charge in [-0.1, -0.05) is 6.07 Å². The molecule has 2 aromatic heterocycles. The van der Waals surface area contributed by atoms with Crippen molar-refractivity contribution in [3.05, 3.63) is 62.1 Å². The van der Waals surface area contributed by atoms with Gasteiger partial charge in [0.1, 0.15) is 11.3 Å². The van der Waals surface area contributed by atoms with E-state index < -0.39 is 30.0 Å². The Morgan fingerprint density at radius 2 is 2.00 bits per heavy atom. The zero-order valence-electron chi connectivity index (χ0n) is 16.4. The molecule has 0 unspecified atom stereocenters. The molecule has 0 saturated heterocycles. The summed E-state index contributed by atoms with van der Waals surface area (Å²) in [6, 6.07) is 8.42. The normalized spacial score (nSPS) is 10.6. The van der Waals surface area contributed by atoms with Gasteiger partial charge < -0.3 is 13.9 Å². The number of nitrogens with one attached hydrogen (secondary N) is 1. The van der Waals surface area contributed by atoms with Crippen LogP contribution in [0.3, 0.4) is 0 Å². The van der Waals surface area contributed by atoms with Crippen molar-refractivity contribution in [2.75, 3.05) is 13.7 Å². The molecule has 8 nitrogen and oxygen atoms in total. The number of methoxy groups -OCH3 is 1. The third-order valence-electron chi connectivity index (χ3n) is 4.44. The number of hydrogen-bond donors (Lipinski definition) is 1. The van der Waals surface area contributed by atoms with Crippen molar-refractivity contribution in [3.63, 3.8) is 0 Å². The van der Waals surface area contributed by atoms with Crippen LogP contribution in [0.15, 0.2) is 44.9 Å². The van der Waals surface area contributed by atoms with E-state index in [4.69, 9.17) is 13.9 Å². The van der Waals surface area contributed by atoms with Crippen molar-refractivity contribution in [2.24, 2.45) is 0 Å². The number of benzene rings is 1. The van der Waals surface area contributed by atoms with Crippen LogP contribution in [-0.4, -0.2) is 31.5 Å². The van der Waals surface area contributed by atoms with Crippen LogP contribution in [0.4, 0.5) is 0 Å². The summed E-state index contributed by atoms with van der Waals surface area (Å²) >= 11 is 1.19. The fourth-order valence-electron chi connectivity index (χ4n) is 2.87. The Hall–Kier alpha value is -3.46. The van der Waals surface area contributed by atoms with E-state index in [9.17, 15) is 19.2 Å². The van der Waals surface area contributed by atoms with Gasteiger partial charge in [0, 0.05) is 23.4 Å². The second-order valence-corrected chi connectivity index (χ2v) is 7.32.